The van der Waals surface area contributed by atoms with Crippen molar-refractivity contribution in [3.8, 4) is 0 Å². The van der Waals surface area contributed by atoms with Crippen LogP contribution in [0, 0.1) is 0 Å². The average Bonchev–Trinajstić information content (AvgIpc) is 2.37. The van der Waals surface area contributed by atoms with Crippen LogP contribution in [0.1, 0.15) is 18.6 Å². The van der Waals surface area contributed by atoms with Crippen molar-refractivity contribution in [1.29, 1.82) is 0 Å². The quantitative estimate of drug-likeness (QED) is 0.598. The lowest BCUT2D eigenvalue weighted by Gasteiger charge is -2.13. The van der Waals surface area contributed by atoms with Gasteiger partial charge in [0.05, 0.1) is 6.10 Å². The smallest absolute Gasteiger partial charge is 0.328 e. The molecule has 6 nitrogen and oxygen atoms in total. The van der Waals surface area contributed by atoms with Gasteiger partial charge in [-0.1, -0.05) is 30.3 Å². The summed E-state index contributed by atoms with van der Waals surface area (Å²) in [5, 5.41) is 25.1. The highest BCUT2D eigenvalue weighted by Gasteiger charge is 2.10. The highest BCUT2D eigenvalue weighted by atomic mass is 16.4. The summed E-state index contributed by atoms with van der Waals surface area (Å²) < 4.78 is 0. The summed E-state index contributed by atoms with van der Waals surface area (Å²) in [5.74, 6) is -2.51. The number of hydrogen-bond donors (Lipinski definition) is 4. The molecule has 0 radical (unpaired) electrons. The first-order chi connectivity index (χ1) is 8.84. The van der Waals surface area contributed by atoms with Crippen molar-refractivity contribution >= 4 is 11.9 Å². The Labute approximate surface area is 110 Å². The van der Waals surface area contributed by atoms with E-state index in [4.69, 9.17) is 15.9 Å². The van der Waals surface area contributed by atoms with Gasteiger partial charge in [0.25, 0.3) is 0 Å². The molecule has 0 aliphatic carbocycles. The van der Waals surface area contributed by atoms with Crippen LogP contribution in [0.25, 0.3) is 0 Å². The maximum absolute atomic E-state index is 9.55. The first kappa shape index (κ1) is 16.8. The minimum Gasteiger partial charge on any atom is -0.478 e. The first-order valence-electron chi connectivity index (χ1n) is 5.47. The van der Waals surface area contributed by atoms with Crippen molar-refractivity contribution in [2.24, 2.45) is 5.73 Å². The van der Waals surface area contributed by atoms with E-state index in [-0.39, 0.29) is 6.04 Å². The zero-order valence-corrected chi connectivity index (χ0v) is 10.4. The van der Waals surface area contributed by atoms with Crippen LogP contribution < -0.4 is 5.73 Å². The number of hydrogen-bond acceptors (Lipinski definition) is 4. The van der Waals surface area contributed by atoms with Gasteiger partial charge in [-0.2, -0.15) is 0 Å². The Morgan fingerprint density at radius 2 is 1.53 bits per heavy atom. The van der Waals surface area contributed by atoms with Gasteiger partial charge < -0.3 is 21.1 Å². The van der Waals surface area contributed by atoms with Gasteiger partial charge >= 0.3 is 11.9 Å². The van der Waals surface area contributed by atoms with Crippen LogP contribution in [0.15, 0.2) is 42.5 Å². The van der Waals surface area contributed by atoms with Gasteiger partial charge in [-0.3, -0.25) is 0 Å². The minimum absolute atomic E-state index is 0.211. The molecule has 1 rings (SSSR count). The Morgan fingerprint density at radius 1 is 1.11 bits per heavy atom. The number of aliphatic carboxylic acids is 2. The van der Waals surface area contributed by atoms with Crippen LogP contribution in [-0.2, 0) is 9.59 Å². The van der Waals surface area contributed by atoms with Gasteiger partial charge in [0.1, 0.15) is 0 Å². The van der Waals surface area contributed by atoms with Crippen molar-refractivity contribution in [1.82, 2.24) is 0 Å². The highest BCUT2D eigenvalue weighted by molar-refractivity contribution is 5.89. The summed E-state index contributed by atoms with van der Waals surface area (Å²) in [6.45, 7) is 1.79. The lowest BCUT2D eigenvalue weighted by molar-refractivity contribution is -0.134. The fourth-order valence-electron chi connectivity index (χ4n) is 1.10. The van der Waals surface area contributed by atoms with Gasteiger partial charge in [0.2, 0.25) is 0 Å². The summed E-state index contributed by atoms with van der Waals surface area (Å²) in [5.41, 5.74) is 6.40. The standard InChI is InChI=1S/C9H13NO.C4H4O4/c1-7(10)9(11)8-5-3-2-4-6-8;5-3(6)1-2-4(7)8/h2-7,9,11H,10H2,1H3;1-2H,(H,5,6)(H,7,8)/b;2-1-/t7-,9-;/m0./s1. The normalized spacial score (nSPS) is 13.2. The highest BCUT2D eigenvalue weighted by Crippen LogP contribution is 2.13. The summed E-state index contributed by atoms with van der Waals surface area (Å²) in [6, 6.07) is 9.22. The molecule has 0 aliphatic rings. The summed E-state index contributed by atoms with van der Waals surface area (Å²) in [4.78, 5) is 19.1. The number of carboxylic acids is 2. The molecule has 1 aromatic carbocycles. The van der Waals surface area contributed by atoms with Gasteiger partial charge in [-0.15, -0.1) is 0 Å². The van der Waals surface area contributed by atoms with E-state index in [9.17, 15) is 14.7 Å². The lowest BCUT2D eigenvalue weighted by Crippen LogP contribution is -2.24. The van der Waals surface area contributed by atoms with Gasteiger partial charge in [0.15, 0.2) is 0 Å². The molecule has 0 spiro atoms. The van der Waals surface area contributed by atoms with Crippen LogP contribution in [0.5, 0.6) is 0 Å². The SMILES string of the molecule is C[C@H](N)[C@H](O)c1ccccc1.O=C(O)/C=C\C(=O)O. The fraction of sp³-hybridized carbons (Fsp3) is 0.231. The maximum Gasteiger partial charge on any atom is 0.328 e. The van der Waals surface area contributed by atoms with Crippen LogP contribution in [0.3, 0.4) is 0 Å². The number of rotatable bonds is 4. The number of carbonyl (C=O) groups is 2. The van der Waals surface area contributed by atoms with E-state index in [0.717, 1.165) is 5.56 Å². The van der Waals surface area contributed by atoms with E-state index >= 15 is 0 Å². The van der Waals surface area contributed by atoms with Crippen molar-refractivity contribution < 1.29 is 24.9 Å². The van der Waals surface area contributed by atoms with Crippen molar-refractivity contribution in [3.63, 3.8) is 0 Å². The third kappa shape index (κ3) is 8.53. The molecule has 0 saturated heterocycles. The predicted octanol–water partition coefficient (Wildman–Crippen LogP) is 0.779. The Morgan fingerprint density at radius 3 is 1.84 bits per heavy atom. The molecular formula is C13H17NO5. The number of carboxylic acid groups (broad SMARTS) is 2. The molecule has 1 aromatic rings. The fourth-order valence-corrected chi connectivity index (χ4v) is 1.10. The number of benzene rings is 1. The average molecular weight is 267 g/mol. The summed E-state index contributed by atoms with van der Waals surface area (Å²) >= 11 is 0. The van der Waals surface area contributed by atoms with Gasteiger partial charge in [0, 0.05) is 18.2 Å². The molecule has 0 amide bonds. The van der Waals surface area contributed by atoms with Crippen LogP contribution in [0.2, 0.25) is 0 Å². The second-order valence-electron chi connectivity index (χ2n) is 3.72. The zero-order chi connectivity index (χ0) is 14.8. The lowest BCUT2D eigenvalue weighted by atomic mass is 10.0. The van der Waals surface area contributed by atoms with Crippen LogP contribution >= 0.6 is 0 Å². The van der Waals surface area contributed by atoms with E-state index in [1.165, 1.54) is 0 Å². The van der Waals surface area contributed by atoms with Gasteiger partial charge in [-0.25, -0.2) is 9.59 Å². The second-order valence-corrected chi connectivity index (χ2v) is 3.72. The molecule has 6 heteroatoms. The molecule has 0 unspecified atom stereocenters. The Bertz CT molecular complexity index is 412. The summed E-state index contributed by atoms with van der Waals surface area (Å²) in [6.07, 6.45) is 0.571. The van der Waals surface area contributed by atoms with E-state index in [1.807, 2.05) is 30.3 Å². The van der Waals surface area contributed by atoms with E-state index in [2.05, 4.69) is 0 Å². The molecule has 104 valence electrons. The van der Waals surface area contributed by atoms with Crippen molar-refractivity contribution in [2.75, 3.05) is 0 Å². The molecule has 2 atom stereocenters. The monoisotopic (exact) mass is 267 g/mol. The van der Waals surface area contributed by atoms with Crippen molar-refractivity contribution in [2.45, 2.75) is 19.1 Å². The number of aliphatic hydroxyl groups excluding tert-OH is 1. The van der Waals surface area contributed by atoms with Crippen LogP contribution in [0.4, 0.5) is 0 Å². The van der Waals surface area contributed by atoms with E-state index < -0.39 is 18.0 Å². The van der Waals surface area contributed by atoms with E-state index in [0.29, 0.717) is 12.2 Å². The molecule has 0 fully saturated rings. The largest absolute Gasteiger partial charge is 0.478 e. The molecule has 0 heterocycles. The topological polar surface area (TPSA) is 121 Å². The third-order valence-electron chi connectivity index (χ3n) is 2.01. The first-order valence-corrected chi connectivity index (χ1v) is 5.47. The second kappa shape index (κ2) is 8.84. The molecule has 0 aliphatic heterocycles. The maximum atomic E-state index is 9.55. The number of nitrogens with two attached hydrogens (primary N) is 1. The van der Waals surface area contributed by atoms with Crippen molar-refractivity contribution in [3.05, 3.63) is 48.0 Å². The molecule has 0 bridgehead atoms. The molecule has 0 aromatic heterocycles. The third-order valence-corrected chi connectivity index (χ3v) is 2.01. The molecule has 5 N–H and O–H groups in total. The minimum atomic E-state index is -1.26. The Hall–Kier alpha value is -2.18. The Balaban J connectivity index is 0.000000362. The molecule has 0 saturated carbocycles. The molecular weight excluding hydrogens is 250 g/mol. The summed E-state index contributed by atoms with van der Waals surface area (Å²) in [7, 11) is 0. The number of aliphatic hydroxyl groups is 1. The van der Waals surface area contributed by atoms with E-state index in [1.54, 1.807) is 6.92 Å². The Kier molecular flexibility index (Phi) is 7.83. The predicted molar refractivity (Wildman–Crippen MR) is 69.5 cm³/mol. The molecule has 19 heavy (non-hydrogen) atoms. The van der Waals surface area contributed by atoms with Gasteiger partial charge in [-0.05, 0) is 12.5 Å². The van der Waals surface area contributed by atoms with Crippen LogP contribution in [-0.4, -0.2) is 33.3 Å². The zero-order valence-electron chi connectivity index (χ0n) is 10.4.